The summed E-state index contributed by atoms with van der Waals surface area (Å²) in [4.78, 5) is 0. The molecule has 134 valence electrons. The lowest BCUT2D eigenvalue weighted by atomic mass is 9.81. The summed E-state index contributed by atoms with van der Waals surface area (Å²) in [5, 5.41) is 0. The Morgan fingerprint density at radius 2 is 1.30 bits per heavy atom. The molecule has 0 aromatic rings. The summed E-state index contributed by atoms with van der Waals surface area (Å²) in [6, 6.07) is 0. The lowest BCUT2D eigenvalue weighted by molar-refractivity contribution is -0.0278. The zero-order valence-corrected chi connectivity index (χ0v) is 15.4. The number of unbranched alkanes of at least 4 members (excludes halogenated alkanes) is 4. The minimum Gasteiger partial charge on any atom is -0.381 e. The fraction of sp³-hybridized carbons (Fsp3) is 0.714. The Balaban J connectivity index is 4.18. The maximum absolute atomic E-state index is 5.97. The smallest absolute Gasteiger partial charge is 0.0547 e. The average molecular weight is 323 g/mol. The molecule has 0 aliphatic heterocycles. The van der Waals surface area contributed by atoms with Gasteiger partial charge in [0.2, 0.25) is 0 Å². The van der Waals surface area contributed by atoms with Crippen LogP contribution in [0.1, 0.15) is 64.7 Å². The van der Waals surface area contributed by atoms with Gasteiger partial charge in [0, 0.05) is 18.6 Å². The van der Waals surface area contributed by atoms with Crippen molar-refractivity contribution >= 4 is 0 Å². The van der Waals surface area contributed by atoms with Gasteiger partial charge >= 0.3 is 0 Å². The second-order valence-electron chi connectivity index (χ2n) is 6.42. The van der Waals surface area contributed by atoms with Crippen LogP contribution in [0.15, 0.2) is 38.0 Å². The van der Waals surface area contributed by atoms with E-state index in [-0.39, 0.29) is 5.41 Å². The quantitative estimate of drug-likeness (QED) is 0.224. The fourth-order valence-electron chi connectivity index (χ4n) is 2.81. The molecule has 0 N–H and O–H groups in total. The van der Waals surface area contributed by atoms with Crippen molar-refractivity contribution < 1.29 is 9.47 Å². The second-order valence-corrected chi connectivity index (χ2v) is 6.42. The van der Waals surface area contributed by atoms with Crippen molar-refractivity contribution in [3.63, 3.8) is 0 Å². The van der Waals surface area contributed by atoms with E-state index in [9.17, 15) is 0 Å². The normalized spacial score (nSPS) is 11.3. The summed E-state index contributed by atoms with van der Waals surface area (Å²) in [6.07, 6.45) is 15.8. The first-order chi connectivity index (χ1) is 11.2. The molecule has 0 atom stereocenters. The predicted octanol–water partition coefficient (Wildman–Crippen LogP) is 6.09. The number of hydrogen-bond donors (Lipinski definition) is 0. The number of ether oxygens (including phenoxy) is 2. The minimum atomic E-state index is 0.0906. The van der Waals surface area contributed by atoms with Gasteiger partial charge in [0.05, 0.1) is 13.2 Å². The summed E-state index contributed by atoms with van der Waals surface area (Å²) in [6.45, 7) is 16.9. The molecule has 2 heteroatoms. The number of allylic oxidation sites excluding steroid dienone is 3. The molecule has 0 radical (unpaired) electrons. The van der Waals surface area contributed by atoms with Gasteiger partial charge < -0.3 is 9.47 Å². The van der Waals surface area contributed by atoms with Crippen molar-refractivity contribution in [3.8, 4) is 0 Å². The molecule has 0 spiro atoms. The topological polar surface area (TPSA) is 18.5 Å². The summed E-state index contributed by atoms with van der Waals surface area (Å²) in [7, 11) is 0. The largest absolute Gasteiger partial charge is 0.381 e. The third-order valence-electron chi connectivity index (χ3n) is 4.07. The minimum absolute atomic E-state index is 0.0906. The molecular weight excluding hydrogens is 284 g/mol. The molecule has 23 heavy (non-hydrogen) atoms. The third kappa shape index (κ3) is 12.3. The van der Waals surface area contributed by atoms with Crippen molar-refractivity contribution in [2.24, 2.45) is 5.41 Å². The molecule has 0 bridgehead atoms. The van der Waals surface area contributed by atoms with Gasteiger partial charge in [-0.3, -0.25) is 0 Å². The third-order valence-corrected chi connectivity index (χ3v) is 4.07. The number of hydrogen-bond acceptors (Lipinski definition) is 2. The van der Waals surface area contributed by atoms with E-state index in [2.05, 4.69) is 26.7 Å². The summed E-state index contributed by atoms with van der Waals surface area (Å²) in [5.74, 6) is 0. The van der Waals surface area contributed by atoms with Crippen LogP contribution in [0.3, 0.4) is 0 Å². The highest BCUT2D eigenvalue weighted by molar-refractivity contribution is 4.86. The highest BCUT2D eigenvalue weighted by Crippen LogP contribution is 2.30. The van der Waals surface area contributed by atoms with Gasteiger partial charge in [0.15, 0.2) is 0 Å². The first kappa shape index (κ1) is 22.1. The zero-order valence-electron chi connectivity index (χ0n) is 15.4. The van der Waals surface area contributed by atoms with E-state index in [0.717, 1.165) is 84.2 Å². The molecule has 0 rings (SSSR count). The van der Waals surface area contributed by atoms with Gasteiger partial charge in [-0.1, -0.05) is 31.6 Å². The molecule has 0 saturated heterocycles. The van der Waals surface area contributed by atoms with Gasteiger partial charge in [-0.2, -0.15) is 0 Å². The van der Waals surface area contributed by atoms with Gasteiger partial charge in [0.25, 0.3) is 0 Å². The second kappa shape index (κ2) is 16.0. The van der Waals surface area contributed by atoms with Crippen molar-refractivity contribution in [3.05, 3.63) is 38.0 Å². The lowest BCUT2D eigenvalue weighted by Gasteiger charge is -2.32. The van der Waals surface area contributed by atoms with Crippen molar-refractivity contribution in [1.82, 2.24) is 0 Å². The SMILES string of the molecule is C=CCCCCOCC(CC=C)(CCC)COCCCCC=C. The van der Waals surface area contributed by atoms with Crippen LogP contribution in [0.2, 0.25) is 0 Å². The Bertz CT molecular complexity index is 276. The van der Waals surface area contributed by atoms with Crippen LogP contribution in [-0.4, -0.2) is 26.4 Å². The Kier molecular flexibility index (Phi) is 15.4. The van der Waals surface area contributed by atoms with Gasteiger partial charge in [0.1, 0.15) is 0 Å². The monoisotopic (exact) mass is 322 g/mol. The molecule has 0 unspecified atom stereocenters. The summed E-state index contributed by atoms with van der Waals surface area (Å²) in [5.41, 5.74) is 0.0906. The maximum atomic E-state index is 5.97. The van der Waals surface area contributed by atoms with E-state index in [1.165, 1.54) is 0 Å². The van der Waals surface area contributed by atoms with Crippen LogP contribution in [0.4, 0.5) is 0 Å². The zero-order chi connectivity index (χ0) is 17.2. The van der Waals surface area contributed by atoms with E-state index in [0.29, 0.717) is 0 Å². The predicted molar refractivity (Wildman–Crippen MR) is 102 cm³/mol. The van der Waals surface area contributed by atoms with Crippen LogP contribution >= 0.6 is 0 Å². The Morgan fingerprint density at radius 3 is 1.70 bits per heavy atom. The molecule has 0 aliphatic carbocycles. The molecule has 2 nitrogen and oxygen atoms in total. The van der Waals surface area contributed by atoms with Crippen LogP contribution in [0.5, 0.6) is 0 Å². The van der Waals surface area contributed by atoms with Crippen LogP contribution < -0.4 is 0 Å². The Hall–Kier alpha value is -0.860. The van der Waals surface area contributed by atoms with E-state index < -0.39 is 0 Å². The van der Waals surface area contributed by atoms with Crippen molar-refractivity contribution in [2.45, 2.75) is 64.7 Å². The van der Waals surface area contributed by atoms with Crippen molar-refractivity contribution in [2.75, 3.05) is 26.4 Å². The van der Waals surface area contributed by atoms with E-state index in [4.69, 9.17) is 9.47 Å². The highest BCUT2D eigenvalue weighted by Gasteiger charge is 2.28. The van der Waals surface area contributed by atoms with Gasteiger partial charge in [-0.25, -0.2) is 0 Å². The van der Waals surface area contributed by atoms with Gasteiger partial charge in [-0.05, 0) is 51.4 Å². The first-order valence-corrected chi connectivity index (χ1v) is 9.23. The highest BCUT2D eigenvalue weighted by atomic mass is 16.5. The van der Waals surface area contributed by atoms with E-state index in [1.807, 2.05) is 18.2 Å². The molecular formula is C21H38O2. The first-order valence-electron chi connectivity index (χ1n) is 9.23. The summed E-state index contributed by atoms with van der Waals surface area (Å²) < 4.78 is 11.9. The lowest BCUT2D eigenvalue weighted by Crippen LogP contribution is -2.32. The molecule has 0 amide bonds. The Labute approximate surface area is 144 Å². The van der Waals surface area contributed by atoms with Crippen molar-refractivity contribution in [1.29, 1.82) is 0 Å². The van der Waals surface area contributed by atoms with Crippen LogP contribution in [-0.2, 0) is 9.47 Å². The molecule has 0 saturated carbocycles. The average Bonchev–Trinajstić information content (AvgIpc) is 2.54. The van der Waals surface area contributed by atoms with E-state index in [1.54, 1.807) is 0 Å². The van der Waals surface area contributed by atoms with Crippen LogP contribution in [0.25, 0.3) is 0 Å². The molecule has 0 aromatic carbocycles. The summed E-state index contributed by atoms with van der Waals surface area (Å²) >= 11 is 0. The molecule has 0 fully saturated rings. The standard InChI is InChI=1S/C21H38O2/c1-5-9-11-13-17-22-19-21(15-7-3,16-8-4)20-23-18-14-12-10-6-2/h5-7H,1-3,8-20H2,4H3. The molecule has 0 aliphatic rings. The van der Waals surface area contributed by atoms with Crippen LogP contribution in [0, 0.1) is 5.41 Å². The molecule has 0 heterocycles. The van der Waals surface area contributed by atoms with E-state index >= 15 is 0 Å². The Morgan fingerprint density at radius 1 is 0.783 bits per heavy atom. The van der Waals surface area contributed by atoms with Gasteiger partial charge in [-0.15, -0.1) is 19.7 Å². The number of rotatable bonds is 18. The fourth-order valence-corrected chi connectivity index (χ4v) is 2.81. The maximum Gasteiger partial charge on any atom is 0.0547 e. The molecule has 0 aromatic heterocycles.